The molecule has 3 rings (SSSR count). The van der Waals surface area contributed by atoms with E-state index < -0.39 is 29.2 Å². The van der Waals surface area contributed by atoms with E-state index in [0.717, 1.165) is 18.9 Å². The number of carboxylic acids is 1. The standard InChI is InChI=1S/C16H18FN3O3/c1-16(5-3-2-4-11(16)15(22)23)20-14(21)10-6-9(17)7-12-13(10)19-8-18-12/h6-8,11H,2-5H2,1H3,(H,18,19)(H,20,21)(H,22,23). The summed E-state index contributed by atoms with van der Waals surface area (Å²) >= 11 is 0. The summed E-state index contributed by atoms with van der Waals surface area (Å²) in [4.78, 5) is 30.9. The minimum Gasteiger partial charge on any atom is -0.481 e. The van der Waals surface area contributed by atoms with Crippen molar-refractivity contribution in [1.29, 1.82) is 0 Å². The number of carboxylic acid groups (broad SMARTS) is 1. The average molecular weight is 319 g/mol. The minimum absolute atomic E-state index is 0.109. The molecule has 1 saturated carbocycles. The van der Waals surface area contributed by atoms with E-state index in [0.29, 0.717) is 23.9 Å². The lowest BCUT2D eigenvalue weighted by molar-refractivity contribution is -0.145. The largest absolute Gasteiger partial charge is 0.481 e. The summed E-state index contributed by atoms with van der Waals surface area (Å²) in [5.74, 6) is -2.62. The van der Waals surface area contributed by atoms with E-state index in [1.54, 1.807) is 6.92 Å². The van der Waals surface area contributed by atoms with Crippen molar-refractivity contribution >= 4 is 22.9 Å². The third-order valence-electron chi connectivity index (χ3n) is 4.64. The molecule has 2 unspecified atom stereocenters. The lowest BCUT2D eigenvalue weighted by atomic mass is 9.73. The van der Waals surface area contributed by atoms with Gasteiger partial charge < -0.3 is 15.4 Å². The zero-order chi connectivity index (χ0) is 16.6. The van der Waals surface area contributed by atoms with Gasteiger partial charge in [-0.1, -0.05) is 12.8 Å². The number of aromatic amines is 1. The lowest BCUT2D eigenvalue weighted by Crippen LogP contribution is -2.55. The summed E-state index contributed by atoms with van der Waals surface area (Å²) in [5.41, 5.74) is 0.0574. The topological polar surface area (TPSA) is 95.1 Å². The molecule has 2 atom stereocenters. The van der Waals surface area contributed by atoms with Crippen LogP contribution in [0.25, 0.3) is 11.0 Å². The molecule has 1 amide bonds. The van der Waals surface area contributed by atoms with Crippen LogP contribution in [0.5, 0.6) is 0 Å². The third-order valence-corrected chi connectivity index (χ3v) is 4.64. The Kier molecular flexibility index (Phi) is 3.79. The first kappa shape index (κ1) is 15.5. The molecule has 6 nitrogen and oxygen atoms in total. The number of halogens is 1. The predicted octanol–water partition coefficient (Wildman–Crippen LogP) is 2.47. The van der Waals surface area contributed by atoms with Gasteiger partial charge in [0.15, 0.2) is 0 Å². The van der Waals surface area contributed by atoms with Crippen LogP contribution in [0, 0.1) is 11.7 Å². The molecule has 122 valence electrons. The number of rotatable bonds is 3. The quantitative estimate of drug-likeness (QED) is 0.810. The number of amides is 1. The number of fused-ring (bicyclic) bond motifs is 1. The molecule has 0 aliphatic heterocycles. The third kappa shape index (κ3) is 2.78. The van der Waals surface area contributed by atoms with Crippen molar-refractivity contribution in [2.24, 2.45) is 5.92 Å². The number of nitrogens with one attached hydrogen (secondary N) is 2. The van der Waals surface area contributed by atoms with Crippen molar-refractivity contribution in [3.05, 3.63) is 29.8 Å². The Bertz CT molecular complexity index is 773. The molecule has 23 heavy (non-hydrogen) atoms. The SMILES string of the molecule is CC1(NC(=O)c2cc(F)cc3[nH]cnc23)CCCCC1C(=O)O. The summed E-state index contributed by atoms with van der Waals surface area (Å²) in [6.45, 7) is 1.74. The van der Waals surface area contributed by atoms with Crippen molar-refractivity contribution in [3.8, 4) is 0 Å². The Morgan fingerprint density at radius 1 is 1.43 bits per heavy atom. The highest BCUT2D eigenvalue weighted by atomic mass is 19.1. The number of imidazole rings is 1. The van der Waals surface area contributed by atoms with Crippen molar-refractivity contribution in [2.75, 3.05) is 0 Å². The Hall–Kier alpha value is -2.44. The molecule has 0 bridgehead atoms. The number of aliphatic carboxylic acids is 1. The smallest absolute Gasteiger partial charge is 0.308 e. The van der Waals surface area contributed by atoms with Crippen LogP contribution >= 0.6 is 0 Å². The van der Waals surface area contributed by atoms with Crippen molar-refractivity contribution < 1.29 is 19.1 Å². The molecule has 0 spiro atoms. The highest BCUT2D eigenvalue weighted by Gasteiger charge is 2.42. The fourth-order valence-corrected chi connectivity index (χ4v) is 3.39. The highest BCUT2D eigenvalue weighted by Crippen LogP contribution is 2.34. The molecular formula is C16H18FN3O3. The fraction of sp³-hybridized carbons (Fsp3) is 0.438. The van der Waals surface area contributed by atoms with Crippen molar-refractivity contribution in [2.45, 2.75) is 38.1 Å². The van der Waals surface area contributed by atoms with E-state index in [-0.39, 0.29) is 5.56 Å². The summed E-state index contributed by atoms with van der Waals surface area (Å²) in [7, 11) is 0. The predicted molar refractivity (Wildman–Crippen MR) is 81.5 cm³/mol. The average Bonchev–Trinajstić information content (AvgIpc) is 2.93. The second-order valence-electron chi connectivity index (χ2n) is 6.26. The van der Waals surface area contributed by atoms with Crippen molar-refractivity contribution in [3.63, 3.8) is 0 Å². The minimum atomic E-state index is -0.920. The van der Waals surface area contributed by atoms with E-state index >= 15 is 0 Å². The molecule has 0 saturated heterocycles. The van der Waals surface area contributed by atoms with Crippen LogP contribution in [0.4, 0.5) is 4.39 Å². The lowest BCUT2D eigenvalue weighted by Gasteiger charge is -2.39. The molecule has 2 aromatic rings. The summed E-state index contributed by atoms with van der Waals surface area (Å²) in [6, 6.07) is 2.39. The van der Waals surface area contributed by atoms with Crippen LogP contribution in [0.3, 0.4) is 0 Å². The first-order chi connectivity index (χ1) is 10.9. The number of carbonyl (C=O) groups is 2. The summed E-state index contributed by atoms with van der Waals surface area (Å²) in [6.07, 6.45) is 4.17. The van der Waals surface area contributed by atoms with E-state index in [1.807, 2.05) is 0 Å². The van der Waals surface area contributed by atoms with Gasteiger partial charge >= 0.3 is 5.97 Å². The molecule has 1 aromatic heterocycles. The molecule has 7 heteroatoms. The van der Waals surface area contributed by atoms with Gasteiger partial charge in [0.05, 0.1) is 28.9 Å². The maximum atomic E-state index is 13.7. The maximum Gasteiger partial charge on any atom is 0.308 e. The van der Waals surface area contributed by atoms with Crippen LogP contribution in [0.15, 0.2) is 18.5 Å². The molecule has 1 aliphatic rings. The van der Waals surface area contributed by atoms with Crippen LogP contribution in [0.2, 0.25) is 0 Å². The van der Waals surface area contributed by atoms with Gasteiger partial charge in [0, 0.05) is 0 Å². The Morgan fingerprint density at radius 2 is 2.22 bits per heavy atom. The van der Waals surface area contributed by atoms with Crippen LogP contribution in [0.1, 0.15) is 43.0 Å². The number of nitrogens with zero attached hydrogens (tertiary/aromatic N) is 1. The summed E-state index contributed by atoms with van der Waals surface area (Å²) < 4.78 is 13.7. The zero-order valence-corrected chi connectivity index (χ0v) is 12.7. The number of aromatic nitrogens is 2. The molecule has 0 radical (unpaired) electrons. The van der Waals surface area contributed by atoms with Crippen molar-refractivity contribution in [1.82, 2.24) is 15.3 Å². The van der Waals surface area contributed by atoms with Gasteiger partial charge in [-0.25, -0.2) is 9.37 Å². The van der Waals surface area contributed by atoms with Crippen LogP contribution < -0.4 is 5.32 Å². The van der Waals surface area contributed by atoms with Crippen LogP contribution in [-0.2, 0) is 4.79 Å². The number of hydrogen-bond acceptors (Lipinski definition) is 3. The monoisotopic (exact) mass is 319 g/mol. The highest BCUT2D eigenvalue weighted by molar-refractivity contribution is 6.05. The normalized spacial score (nSPS) is 24.5. The summed E-state index contributed by atoms with van der Waals surface area (Å²) in [5, 5.41) is 12.2. The fourth-order valence-electron chi connectivity index (χ4n) is 3.39. The second-order valence-corrected chi connectivity index (χ2v) is 6.26. The number of H-pyrrole nitrogens is 1. The van der Waals surface area contributed by atoms with Gasteiger partial charge in [-0.15, -0.1) is 0 Å². The molecule has 1 aliphatic carbocycles. The molecular weight excluding hydrogens is 301 g/mol. The molecule has 1 fully saturated rings. The first-order valence-corrected chi connectivity index (χ1v) is 7.59. The number of carbonyl (C=O) groups excluding carboxylic acids is 1. The number of benzene rings is 1. The molecule has 3 N–H and O–H groups in total. The van der Waals surface area contributed by atoms with Gasteiger partial charge in [-0.2, -0.15) is 0 Å². The van der Waals surface area contributed by atoms with E-state index in [9.17, 15) is 19.1 Å². The Balaban J connectivity index is 1.93. The van der Waals surface area contributed by atoms with Gasteiger partial charge in [-0.3, -0.25) is 9.59 Å². The zero-order valence-electron chi connectivity index (χ0n) is 12.7. The Labute approximate surface area is 132 Å². The van der Waals surface area contributed by atoms with Crippen LogP contribution in [-0.4, -0.2) is 32.5 Å². The Morgan fingerprint density at radius 3 is 2.96 bits per heavy atom. The van der Waals surface area contributed by atoms with E-state index in [2.05, 4.69) is 15.3 Å². The second kappa shape index (κ2) is 5.64. The maximum absolute atomic E-state index is 13.7. The van der Waals surface area contributed by atoms with Gasteiger partial charge in [0.25, 0.3) is 5.91 Å². The van der Waals surface area contributed by atoms with Gasteiger partial charge in [0.2, 0.25) is 0 Å². The molecule has 1 heterocycles. The number of hydrogen-bond donors (Lipinski definition) is 3. The van der Waals surface area contributed by atoms with Gasteiger partial charge in [0.1, 0.15) is 11.3 Å². The van der Waals surface area contributed by atoms with E-state index in [1.165, 1.54) is 12.4 Å². The van der Waals surface area contributed by atoms with E-state index in [4.69, 9.17) is 0 Å². The molecule has 1 aromatic carbocycles. The van der Waals surface area contributed by atoms with Gasteiger partial charge in [-0.05, 0) is 31.9 Å². The first-order valence-electron chi connectivity index (χ1n) is 7.59.